The first-order chi connectivity index (χ1) is 8.54. The molecule has 0 heterocycles. The average molecular weight is 267 g/mol. The lowest BCUT2D eigenvalue weighted by atomic mass is 10.1. The molecule has 0 saturated heterocycles. The van der Waals surface area contributed by atoms with Gasteiger partial charge in [0.25, 0.3) is 0 Å². The van der Waals surface area contributed by atoms with Gasteiger partial charge in [-0.2, -0.15) is 0 Å². The van der Waals surface area contributed by atoms with Crippen LogP contribution in [0, 0.1) is 0 Å². The van der Waals surface area contributed by atoms with Gasteiger partial charge in [-0.15, -0.1) is 0 Å². The first kappa shape index (κ1) is 15.2. The van der Waals surface area contributed by atoms with Crippen LogP contribution in [0.3, 0.4) is 0 Å². The van der Waals surface area contributed by atoms with Crippen molar-refractivity contribution < 1.29 is 0 Å². The Morgan fingerprint density at radius 3 is 2.56 bits per heavy atom. The van der Waals surface area contributed by atoms with Crippen molar-refractivity contribution in [3.8, 4) is 0 Å². The van der Waals surface area contributed by atoms with E-state index in [1.165, 1.54) is 11.1 Å². The van der Waals surface area contributed by atoms with Crippen molar-refractivity contribution >= 4 is 11.6 Å². The summed E-state index contributed by atoms with van der Waals surface area (Å²) >= 11 is 5.90. The second-order valence-corrected chi connectivity index (χ2v) is 5.11. The third kappa shape index (κ3) is 4.81. The van der Waals surface area contributed by atoms with Gasteiger partial charge in [0.05, 0.1) is 0 Å². The summed E-state index contributed by atoms with van der Waals surface area (Å²) in [5, 5.41) is 4.08. The lowest BCUT2D eigenvalue weighted by Crippen LogP contribution is -2.28. The zero-order chi connectivity index (χ0) is 13.5. The molecule has 1 N–H and O–H groups in total. The van der Waals surface area contributed by atoms with E-state index in [-0.39, 0.29) is 0 Å². The molecule has 2 nitrogen and oxygen atoms in total. The van der Waals surface area contributed by atoms with Crippen molar-refractivity contribution in [3.05, 3.63) is 47.0 Å². The predicted molar refractivity (Wildman–Crippen MR) is 80.2 cm³/mol. The van der Waals surface area contributed by atoms with Gasteiger partial charge in [0, 0.05) is 24.2 Å². The Labute approximate surface area is 116 Å². The maximum Gasteiger partial charge on any atom is 0.0406 e. The third-order valence-electron chi connectivity index (χ3n) is 3.11. The zero-order valence-electron chi connectivity index (χ0n) is 11.5. The second kappa shape index (κ2) is 7.57. The molecule has 0 aliphatic rings. The van der Waals surface area contributed by atoms with E-state index in [0.29, 0.717) is 6.04 Å². The number of rotatable bonds is 7. The highest BCUT2D eigenvalue weighted by Crippen LogP contribution is 2.21. The quantitative estimate of drug-likeness (QED) is 0.760. The molecule has 0 saturated carbocycles. The van der Waals surface area contributed by atoms with Gasteiger partial charge < -0.3 is 5.32 Å². The SMILES string of the molecule is C=C(CNCC)CN(C)C(C)c1ccc(Cl)cc1. The molecule has 0 fully saturated rings. The van der Waals surface area contributed by atoms with Crippen LogP contribution in [0.15, 0.2) is 36.4 Å². The van der Waals surface area contributed by atoms with Crippen LogP contribution in [0.1, 0.15) is 25.5 Å². The maximum absolute atomic E-state index is 5.90. The molecule has 18 heavy (non-hydrogen) atoms. The fourth-order valence-electron chi connectivity index (χ4n) is 1.84. The van der Waals surface area contributed by atoms with Crippen LogP contribution in [-0.2, 0) is 0 Å². The number of hydrogen-bond donors (Lipinski definition) is 1. The van der Waals surface area contributed by atoms with Crippen LogP contribution in [-0.4, -0.2) is 31.6 Å². The van der Waals surface area contributed by atoms with Crippen LogP contribution in [0.4, 0.5) is 0 Å². The van der Waals surface area contributed by atoms with Crippen LogP contribution >= 0.6 is 11.6 Å². The Morgan fingerprint density at radius 2 is 2.00 bits per heavy atom. The van der Waals surface area contributed by atoms with Crippen molar-refractivity contribution in [2.24, 2.45) is 0 Å². The molecular formula is C15H23ClN2. The van der Waals surface area contributed by atoms with Crippen molar-refractivity contribution in [1.29, 1.82) is 0 Å². The van der Waals surface area contributed by atoms with Gasteiger partial charge in [-0.3, -0.25) is 4.90 Å². The highest BCUT2D eigenvalue weighted by atomic mass is 35.5. The van der Waals surface area contributed by atoms with Gasteiger partial charge in [-0.1, -0.05) is 37.2 Å². The van der Waals surface area contributed by atoms with Gasteiger partial charge in [-0.25, -0.2) is 0 Å². The van der Waals surface area contributed by atoms with Gasteiger partial charge in [-0.05, 0) is 43.8 Å². The maximum atomic E-state index is 5.90. The van der Waals surface area contributed by atoms with Crippen LogP contribution in [0.25, 0.3) is 0 Å². The van der Waals surface area contributed by atoms with Gasteiger partial charge in [0.2, 0.25) is 0 Å². The standard InChI is InChI=1S/C15H23ClN2/c1-5-17-10-12(2)11-18(4)13(3)14-6-8-15(16)9-7-14/h6-9,13,17H,2,5,10-11H2,1,3-4H3. The fraction of sp³-hybridized carbons (Fsp3) is 0.467. The average Bonchev–Trinajstić information content (AvgIpc) is 2.36. The zero-order valence-corrected chi connectivity index (χ0v) is 12.3. The van der Waals surface area contributed by atoms with Crippen LogP contribution < -0.4 is 5.32 Å². The Balaban J connectivity index is 2.53. The molecule has 0 spiro atoms. The smallest absolute Gasteiger partial charge is 0.0406 e. The fourth-order valence-corrected chi connectivity index (χ4v) is 1.97. The van der Waals surface area contributed by atoms with Crippen molar-refractivity contribution in [1.82, 2.24) is 10.2 Å². The summed E-state index contributed by atoms with van der Waals surface area (Å²) < 4.78 is 0. The minimum Gasteiger partial charge on any atom is -0.313 e. The Bertz CT molecular complexity index is 373. The summed E-state index contributed by atoms with van der Waals surface area (Å²) in [5.74, 6) is 0. The van der Waals surface area contributed by atoms with Crippen molar-refractivity contribution in [2.45, 2.75) is 19.9 Å². The molecular weight excluding hydrogens is 244 g/mol. The topological polar surface area (TPSA) is 15.3 Å². The largest absolute Gasteiger partial charge is 0.313 e. The summed E-state index contributed by atoms with van der Waals surface area (Å²) in [6.45, 7) is 11.2. The number of likely N-dealkylation sites (N-methyl/N-ethyl adjacent to an activating group) is 2. The van der Waals surface area contributed by atoms with E-state index < -0.39 is 0 Å². The molecule has 1 aromatic rings. The van der Waals surface area contributed by atoms with E-state index in [1.54, 1.807) is 0 Å². The minimum atomic E-state index is 0.362. The van der Waals surface area contributed by atoms with E-state index in [1.807, 2.05) is 12.1 Å². The monoisotopic (exact) mass is 266 g/mol. The summed E-state index contributed by atoms with van der Waals surface area (Å²) in [4.78, 5) is 2.29. The molecule has 1 rings (SSSR count). The molecule has 0 amide bonds. The number of benzene rings is 1. The Morgan fingerprint density at radius 1 is 1.39 bits per heavy atom. The van der Waals surface area contributed by atoms with Gasteiger partial charge in [0.1, 0.15) is 0 Å². The number of nitrogens with zero attached hydrogens (tertiary/aromatic N) is 1. The van der Waals surface area contributed by atoms with E-state index in [9.17, 15) is 0 Å². The predicted octanol–water partition coefficient (Wildman–Crippen LogP) is 3.50. The lowest BCUT2D eigenvalue weighted by molar-refractivity contribution is 0.282. The number of nitrogens with one attached hydrogen (secondary N) is 1. The van der Waals surface area contributed by atoms with E-state index in [0.717, 1.165) is 24.7 Å². The highest BCUT2D eigenvalue weighted by Gasteiger charge is 2.12. The highest BCUT2D eigenvalue weighted by molar-refractivity contribution is 6.30. The molecule has 0 radical (unpaired) electrons. The molecule has 0 bridgehead atoms. The molecule has 1 unspecified atom stereocenters. The second-order valence-electron chi connectivity index (χ2n) is 4.67. The Kier molecular flexibility index (Phi) is 6.41. The van der Waals surface area contributed by atoms with E-state index in [2.05, 4.69) is 49.8 Å². The van der Waals surface area contributed by atoms with Gasteiger partial charge >= 0.3 is 0 Å². The molecule has 0 aliphatic carbocycles. The minimum absolute atomic E-state index is 0.362. The van der Waals surface area contributed by atoms with Crippen LogP contribution in [0.2, 0.25) is 5.02 Å². The van der Waals surface area contributed by atoms with Gasteiger partial charge in [0.15, 0.2) is 0 Å². The molecule has 3 heteroatoms. The van der Waals surface area contributed by atoms with E-state index in [4.69, 9.17) is 11.6 Å². The molecule has 100 valence electrons. The van der Waals surface area contributed by atoms with Crippen molar-refractivity contribution in [2.75, 3.05) is 26.7 Å². The van der Waals surface area contributed by atoms with Crippen molar-refractivity contribution in [3.63, 3.8) is 0 Å². The lowest BCUT2D eigenvalue weighted by Gasteiger charge is -2.26. The molecule has 0 aliphatic heterocycles. The third-order valence-corrected chi connectivity index (χ3v) is 3.36. The summed E-state index contributed by atoms with van der Waals surface area (Å²) in [5.41, 5.74) is 2.48. The number of hydrogen-bond acceptors (Lipinski definition) is 2. The van der Waals surface area contributed by atoms with E-state index >= 15 is 0 Å². The molecule has 1 aromatic carbocycles. The van der Waals surface area contributed by atoms with Crippen LogP contribution in [0.5, 0.6) is 0 Å². The first-order valence-corrected chi connectivity index (χ1v) is 6.75. The molecule has 1 atom stereocenters. The normalized spacial score (nSPS) is 12.7. The summed E-state index contributed by atoms with van der Waals surface area (Å²) in [6.07, 6.45) is 0. The Hall–Kier alpha value is -0.830. The first-order valence-electron chi connectivity index (χ1n) is 6.37. The number of halogens is 1. The summed E-state index contributed by atoms with van der Waals surface area (Å²) in [7, 11) is 2.12. The molecule has 0 aromatic heterocycles. The summed E-state index contributed by atoms with van der Waals surface area (Å²) in [6, 6.07) is 8.40.